The lowest BCUT2D eigenvalue weighted by Crippen LogP contribution is -1.85. The van der Waals surface area contributed by atoms with Gasteiger partial charge in [0.25, 0.3) is 0 Å². The number of aromatic hydroxyl groups is 2. The summed E-state index contributed by atoms with van der Waals surface area (Å²) in [7, 11) is 3.07. The SMILES string of the molecule is COc1ccc(C)c(O)c1.COc1ccc(C=O)c(O)c1. The molecule has 0 unspecified atom stereocenters. The molecule has 0 bridgehead atoms. The topological polar surface area (TPSA) is 76.0 Å². The molecule has 2 aromatic carbocycles. The number of benzene rings is 2. The number of aldehydes is 1. The van der Waals surface area contributed by atoms with Gasteiger partial charge in [-0.05, 0) is 30.7 Å². The molecule has 2 N–H and O–H groups in total. The smallest absolute Gasteiger partial charge is 0.153 e. The van der Waals surface area contributed by atoms with E-state index in [9.17, 15) is 4.79 Å². The fraction of sp³-hybridized carbons (Fsp3) is 0.188. The van der Waals surface area contributed by atoms with Gasteiger partial charge in [0.15, 0.2) is 6.29 Å². The highest BCUT2D eigenvalue weighted by molar-refractivity contribution is 5.79. The number of phenolic OH excluding ortho intramolecular Hbond substituents is 2. The van der Waals surface area contributed by atoms with Gasteiger partial charge in [-0.3, -0.25) is 4.79 Å². The summed E-state index contributed by atoms with van der Waals surface area (Å²) >= 11 is 0. The fourth-order valence-electron chi connectivity index (χ4n) is 1.47. The first-order valence-electron chi connectivity index (χ1n) is 6.17. The summed E-state index contributed by atoms with van der Waals surface area (Å²) in [5, 5.41) is 18.3. The van der Waals surface area contributed by atoms with Crippen LogP contribution in [0.5, 0.6) is 23.0 Å². The van der Waals surface area contributed by atoms with Crippen molar-refractivity contribution in [3.63, 3.8) is 0 Å². The van der Waals surface area contributed by atoms with Crippen molar-refractivity contribution in [2.45, 2.75) is 6.92 Å². The molecule has 2 aromatic rings. The van der Waals surface area contributed by atoms with E-state index < -0.39 is 0 Å². The summed E-state index contributed by atoms with van der Waals surface area (Å²) in [6, 6.07) is 9.73. The van der Waals surface area contributed by atoms with Crippen LogP contribution < -0.4 is 9.47 Å². The van der Waals surface area contributed by atoms with Crippen molar-refractivity contribution in [1.82, 2.24) is 0 Å². The highest BCUT2D eigenvalue weighted by Gasteiger charge is 1.99. The number of methoxy groups -OCH3 is 2. The first-order valence-corrected chi connectivity index (χ1v) is 6.17. The third-order valence-electron chi connectivity index (χ3n) is 2.78. The largest absolute Gasteiger partial charge is 0.508 e. The Labute approximate surface area is 123 Å². The number of carbonyl (C=O) groups excluding carboxylic acids is 1. The minimum Gasteiger partial charge on any atom is -0.508 e. The first kappa shape index (κ1) is 16.4. The molecule has 0 amide bonds. The number of ether oxygens (including phenoxy) is 2. The van der Waals surface area contributed by atoms with Crippen molar-refractivity contribution in [2.75, 3.05) is 14.2 Å². The van der Waals surface area contributed by atoms with Crippen LogP contribution in [0.4, 0.5) is 0 Å². The van der Waals surface area contributed by atoms with Crippen molar-refractivity contribution < 1.29 is 24.5 Å². The van der Waals surface area contributed by atoms with Gasteiger partial charge in [-0.2, -0.15) is 0 Å². The lowest BCUT2D eigenvalue weighted by molar-refractivity contribution is 0.112. The number of hydrogen-bond acceptors (Lipinski definition) is 5. The summed E-state index contributed by atoms with van der Waals surface area (Å²) in [6.07, 6.45) is 0.592. The predicted molar refractivity (Wildman–Crippen MR) is 79.4 cm³/mol. The molecule has 112 valence electrons. The van der Waals surface area contributed by atoms with Crippen LogP contribution in [0, 0.1) is 6.92 Å². The Hall–Kier alpha value is -2.69. The molecule has 0 atom stereocenters. The second-order valence-electron chi connectivity index (χ2n) is 4.20. The van der Waals surface area contributed by atoms with Crippen molar-refractivity contribution in [1.29, 1.82) is 0 Å². The van der Waals surface area contributed by atoms with Crippen LogP contribution in [0.3, 0.4) is 0 Å². The van der Waals surface area contributed by atoms with Gasteiger partial charge in [-0.15, -0.1) is 0 Å². The van der Waals surface area contributed by atoms with Crippen molar-refractivity contribution in [2.24, 2.45) is 0 Å². The minimum absolute atomic E-state index is 0.0562. The Morgan fingerprint density at radius 3 is 1.86 bits per heavy atom. The monoisotopic (exact) mass is 290 g/mol. The molecule has 0 spiro atoms. The Morgan fingerprint density at radius 1 is 0.905 bits per heavy atom. The van der Waals surface area contributed by atoms with Crippen LogP contribution in [0.25, 0.3) is 0 Å². The quantitative estimate of drug-likeness (QED) is 0.850. The van der Waals surface area contributed by atoms with Gasteiger partial charge in [0.05, 0.1) is 19.8 Å². The van der Waals surface area contributed by atoms with E-state index in [-0.39, 0.29) is 17.1 Å². The third-order valence-corrected chi connectivity index (χ3v) is 2.78. The van der Waals surface area contributed by atoms with Crippen LogP contribution >= 0.6 is 0 Å². The van der Waals surface area contributed by atoms with E-state index in [1.807, 2.05) is 19.1 Å². The molecule has 5 heteroatoms. The highest BCUT2D eigenvalue weighted by Crippen LogP contribution is 2.22. The van der Waals surface area contributed by atoms with E-state index in [0.29, 0.717) is 17.8 Å². The molecule has 2 rings (SSSR count). The number of carbonyl (C=O) groups is 1. The maximum absolute atomic E-state index is 10.2. The van der Waals surface area contributed by atoms with Crippen molar-refractivity contribution in [3.8, 4) is 23.0 Å². The summed E-state index contributed by atoms with van der Waals surface area (Å²) in [5.74, 6) is 1.44. The van der Waals surface area contributed by atoms with E-state index in [2.05, 4.69) is 0 Å². The molecule has 0 aliphatic rings. The molecule has 0 radical (unpaired) electrons. The van der Waals surface area contributed by atoms with Crippen molar-refractivity contribution >= 4 is 6.29 Å². The standard InChI is InChI=1S/C8H8O3.C8H10O2/c1-11-7-3-2-6(5-9)8(10)4-7;1-6-3-4-7(10-2)5-8(6)9/h2-5,10H,1H3;3-5,9H,1-2H3. The van der Waals surface area contributed by atoms with Crippen molar-refractivity contribution in [3.05, 3.63) is 47.5 Å². The Balaban J connectivity index is 0.000000211. The van der Waals surface area contributed by atoms with Crippen LogP contribution in [-0.4, -0.2) is 30.7 Å². The van der Waals surface area contributed by atoms with Gasteiger partial charge in [0.1, 0.15) is 23.0 Å². The second kappa shape index (κ2) is 7.79. The van der Waals surface area contributed by atoms with E-state index in [0.717, 1.165) is 5.56 Å². The molecule has 5 nitrogen and oxygen atoms in total. The molecule has 0 fully saturated rings. The number of aryl methyl sites for hydroxylation is 1. The van der Waals surface area contributed by atoms with Crippen LogP contribution in [0.15, 0.2) is 36.4 Å². The Morgan fingerprint density at radius 2 is 1.43 bits per heavy atom. The van der Waals surface area contributed by atoms with E-state index in [1.54, 1.807) is 19.2 Å². The zero-order valence-corrected chi connectivity index (χ0v) is 12.2. The van der Waals surface area contributed by atoms with E-state index in [1.165, 1.54) is 19.2 Å². The number of rotatable bonds is 3. The average Bonchev–Trinajstić information content (AvgIpc) is 2.50. The van der Waals surface area contributed by atoms with Crippen LogP contribution in [0.2, 0.25) is 0 Å². The lowest BCUT2D eigenvalue weighted by Gasteiger charge is -2.01. The number of hydrogen-bond donors (Lipinski definition) is 2. The molecule has 0 aliphatic heterocycles. The molecule has 0 saturated carbocycles. The summed E-state index contributed by atoms with van der Waals surface area (Å²) in [5.41, 5.74) is 1.13. The van der Waals surface area contributed by atoms with Gasteiger partial charge in [-0.25, -0.2) is 0 Å². The average molecular weight is 290 g/mol. The summed E-state index contributed by atoms with van der Waals surface area (Å²) < 4.78 is 9.71. The predicted octanol–water partition coefficient (Wildman–Crippen LogP) is 2.92. The first-order chi connectivity index (χ1) is 10.0. The molecule has 0 aliphatic carbocycles. The normalized spacial score (nSPS) is 9.29. The Kier molecular flexibility index (Phi) is 6.07. The fourth-order valence-corrected chi connectivity index (χ4v) is 1.47. The third kappa shape index (κ3) is 4.72. The lowest BCUT2D eigenvalue weighted by atomic mass is 10.2. The van der Waals surface area contributed by atoms with Crippen LogP contribution in [-0.2, 0) is 0 Å². The summed E-state index contributed by atoms with van der Waals surface area (Å²) in [4.78, 5) is 10.2. The second-order valence-corrected chi connectivity index (χ2v) is 4.20. The minimum atomic E-state index is -0.0562. The maximum Gasteiger partial charge on any atom is 0.153 e. The van der Waals surface area contributed by atoms with Crippen LogP contribution in [0.1, 0.15) is 15.9 Å². The molecule has 0 aromatic heterocycles. The molecular formula is C16H18O5. The number of phenols is 2. The summed E-state index contributed by atoms with van der Waals surface area (Å²) in [6.45, 7) is 1.84. The van der Waals surface area contributed by atoms with Gasteiger partial charge >= 0.3 is 0 Å². The molecule has 0 saturated heterocycles. The Bertz CT molecular complexity index is 608. The molecule has 21 heavy (non-hydrogen) atoms. The zero-order valence-electron chi connectivity index (χ0n) is 12.2. The van der Waals surface area contributed by atoms with Gasteiger partial charge < -0.3 is 19.7 Å². The molecular weight excluding hydrogens is 272 g/mol. The highest BCUT2D eigenvalue weighted by atomic mass is 16.5. The van der Waals surface area contributed by atoms with Gasteiger partial charge in [-0.1, -0.05) is 6.07 Å². The molecule has 0 heterocycles. The van der Waals surface area contributed by atoms with E-state index >= 15 is 0 Å². The zero-order chi connectivity index (χ0) is 15.8. The maximum atomic E-state index is 10.2. The van der Waals surface area contributed by atoms with Gasteiger partial charge in [0.2, 0.25) is 0 Å². The van der Waals surface area contributed by atoms with Gasteiger partial charge in [0, 0.05) is 12.1 Å². The van der Waals surface area contributed by atoms with E-state index in [4.69, 9.17) is 19.7 Å².